The molecule has 0 spiro atoms. The minimum atomic E-state index is -2.86. The summed E-state index contributed by atoms with van der Waals surface area (Å²) in [5.41, 5.74) is -0.0601. The van der Waals surface area contributed by atoms with E-state index in [4.69, 9.17) is 0 Å². The Balaban J connectivity index is 1.90. The van der Waals surface area contributed by atoms with E-state index in [1.54, 1.807) is 0 Å². The molecule has 0 saturated carbocycles. The van der Waals surface area contributed by atoms with E-state index in [2.05, 4.69) is 15.4 Å². The zero-order chi connectivity index (χ0) is 19.9. The first-order valence-electron chi connectivity index (χ1n) is 7.91. The Morgan fingerprint density at radius 3 is 2.63 bits per heavy atom. The van der Waals surface area contributed by atoms with Crippen LogP contribution in [-0.4, -0.2) is 45.1 Å². The number of aryl methyl sites for hydroxylation is 1. The molecule has 11 heteroatoms. The molecule has 1 aliphatic heterocycles. The number of anilines is 1. The minimum Gasteiger partial charge on any atom is -0.344 e. The topological polar surface area (TPSA) is 80.1 Å². The predicted octanol–water partition coefficient (Wildman–Crippen LogP) is 2.07. The summed E-state index contributed by atoms with van der Waals surface area (Å²) in [5, 5.41) is 6.00. The highest BCUT2D eigenvalue weighted by Crippen LogP contribution is 2.34. The average molecular weight is 385 g/mol. The number of pyridine rings is 1. The number of hydrogen-bond donors (Lipinski definition) is 1. The quantitative estimate of drug-likeness (QED) is 0.496. The lowest BCUT2D eigenvalue weighted by Crippen LogP contribution is -2.33. The van der Waals surface area contributed by atoms with Gasteiger partial charge in [-0.25, -0.2) is 4.68 Å². The van der Waals surface area contributed by atoms with Crippen molar-refractivity contribution in [2.75, 3.05) is 18.9 Å². The number of likely N-dealkylation sites (tertiary alicyclic amines) is 1. The van der Waals surface area contributed by atoms with Crippen LogP contribution in [0.4, 0.5) is 23.2 Å². The van der Waals surface area contributed by atoms with E-state index in [0.717, 1.165) is 12.1 Å². The third-order valence-electron chi connectivity index (χ3n) is 4.38. The van der Waals surface area contributed by atoms with E-state index in [1.807, 2.05) is 0 Å². The van der Waals surface area contributed by atoms with Crippen LogP contribution in [0.2, 0.25) is 0 Å². The van der Waals surface area contributed by atoms with Crippen molar-refractivity contribution in [1.29, 1.82) is 0 Å². The van der Waals surface area contributed by atoms with Crippen molar-refractivity contribution >= 4 is 17.5 Å². The van der Waals surface area contributed by atoms with Crippen LogP contribution in [0, 0.1) is 24.7 Å². The van der Waals surface area contributed by atoms with Crippen molar-refractivity contribution in [3.8, 4) is 0 Å². The van der Waals surface area contributed by atoms with Crippen molar-refractivity contribution in [1.82, 2.24) is 19.7 Å². The van der Waals surface area contributed by atoms with Gasteiger partial charge in [0.05, 0.1) is 11.4 Å². The van der Waals surface area contributed by atoms with Gasteiger partial charge in [0.25, 0.3) is 0 Å². The van der Waals surface area contributed by atoms with Crippen molar-refractivity contribution in [2.45, 2.75) is 19.4 Å². The Bertz CT molecular complexity index is 901. The standard InChI is InChI=1S/C16H15F4N5O2/c1-7-5-10(23-25(7)16(19)20)8-6-24(2)15(27)12(8)14(26)21-9-3-4-11(17)22-13(9)18/h3-5,8,12,16H,6H2,1-2H3,(H,21,26)/t8-,12?/m1/s1. The van der Waals surface area contributed by atoms with E-state index < -0.39 is 47.8 Å². The number of carbonyl (C=O) groups excluding carboxylic acids is 2. The molecule has 0 aliphatic carbocycles. The van der Waals surface area contributed by atoms with Crippen LogP contribution in [-0.2, 0) is 9.59 Å². The highest BCUT2D eigenvalue weighted by atomic mass is 19.3. The van der Waals surface area contributed by atoms with Crippen LogP contribution < -0.4 is 5.32 Å². The summed E-state index contributed by atoms with van der Waals surface area (Å²) in [7, 11) is 1.46. The summed E-state index contributed by atoms with van der Waals surface area (Å²) in [5.74, 6) is -5.80. The molecule has 3 heterocycles. The van der Waals surface area contributed by atoms with E-state index in [9.17, 15) is 27.2 Å². The molecule has 1 aliphatic rings. The first-order chi connectivity index (χ1) is 12.7. The van der Waals surface area contributed by atoms with Gasteiger partial charge in [-0.2, -0.15) is 27.6 Å². The van der Waals surface area contributed by atoms with Crippen LogP contribution in [0.5, 0.6) is 0 Å². The number of halogens is 4. The van der Waals surface area contributed by atoms with Crippen LogP contribution in [0.25, 0.3) is 0 Å². The van der Waals surface area contributed by atoms with Crippen molar-refractivity contribution < 1.29 is 27.2 Å². The fourth-order valence-electron chi connectivity index (χ4n) is 3.07. The molecular formula is C16H15F4N5O2. The minimum absolute atomic E-state index is 0.0841. The van der Waals surface area contributed by atoms with Gasteiger partial charge in [-0.3, -0.25) is 9.59 Å². The third kappa shape index (κ3) is 3.49. The van der Waals surface area contributed by atoms with Gasteiger partial charge in [0.2, 0.25) is 23.7 Å². The number of hydrogen-bond acceptors (Lipinski definition) is 4. The van der Waals surface area contributed by atoms with Gasteiger partial charge < -0.3 is 10.2 Å². The molecule has 3 rings (SSSR count). The summed E-state index contributed by atoms with van der Waals surface area (Å²) in [6.07, 6.45) is 0. The largest absolute Gasteiger partial charge is 0.344 e. The summed E-state index contributed by atoms with van der Waals surface area (Å²) in [6.45, 7) is -1.35. The second kappa shape index (κ2) is 6.97. The summed E-state index contributed by atoms with van der Waals surface area (Å²) >= 11 is 0. The highest BCUT2D eigenvalue weighted by Gasteiger charge is 2.45. The molecule has 144 valence electrons. The monoisotopic (exact) mass is 385 g/mol. The highest BCUT2D eigenvalue weighted by molar-refractivity contribution is 6.08. The molecule has 0 aromatic carbocycles. The van der Waals surface area contributed by atoms with Gasteiger partial charge >= 0.3 is 6.55 Å². The molecule has 0 bridgehead atoms. The molecule has 27 heavy (non-hydrogen) atoms. The van der Waals surface area contributed by atoms with Crippen LogP contribution in [0.3, 0.4) is 0 Å². The summed E-state index contributed by atoms with van der Waals surface area (Å²) in [6, 6.07) is 3.21. The van der Waals surface area contributed by atoms with Gasteiger partial charge in [-0.15, -0.1) is 0 Å². The zero-order valence-corrected chi connectivity index (χ0v) is 14.3. The van der Waals surface area contributed by atoms with Crippen molar-refractivity contribution in [3.63, 3.8) is 0 Å². The van der Waals surface area contributed by atoms with Gasteiger partial charge in [-0.05, 0) is 25.1 Å². The molecule has 1 saturated heterocycles. The number of likely N-dealkylation sites (N-methyl/N-ethyl adjacent to an activating group) is 1. The second-order valence-corrected chi connectivity index (χ2v) is 6.20. The first-order valence-corrected chi connectivity index (χ1v) is 7.91. The Morgan fingerprint density at radius 1 is 1.33 bits per heavy atom. The Kier molecular flexibility index (Phi) is 4.85. The number of alkyl halides is 2. The molecule has 0 radical (unpaired) electrons. The fourth-order valence-corrected chi connectivity index (χ4v) is 3.07. The van der Waals surface area contributed by atoms with Crippen LogP contribution in [0.1, 0.15) is 23.9 Å². The smallest absolute Gasteiger partial charge is 0.333 e. The lowest BCUT2D eigenvalue weighted by molar-refractivity contribution is -0.135. The molecule has 2 aromatic rings. The van der Waals surface area contributed by atoms with E-state index in [-0.39, 0.29) is 17.9 Å². The number of amides is 2. The SMILES string of the molecule is Cc1cc([C@H]2CN(C)C(=O)C2C(=O)Nc2ccc(F)nc2F)nn1C(F)F. The summed E-state index contributed by atoms with van der Waals surface area (Å²) in [4.78, 5) is 29.2. The number of rotatable bonds is 4. The maximum Gasteiger partial charge on any atom is 0.333 e. The lowest BCUT2D eigenvalue weighted by atomic mass is 9.91. The van der Waals surface area contributed by atoms with Gasteiger partial charge in [0, 0.05) is 25.2 Å². The molecular weight excluding hydrogens is 370 g/mol. The fraction of sp³-hybridized carbons (Fsp3) is 0.375. The van der Waals surface area contributed by atoms with Gasteiger partial charge in [0.15, 0.2) is 0 Å². The average Bonchev–Trinajstić information content (AvgIpc) is 3.11. The molecule has 1 unspecified atom stereocenters. The molecule has 2 atom stereocenters. The number of nitrogens with zero attached hydrogens (tertiary/aromatic N) is 4. The van der Waals surface area contributed by atoms with Crippen molar-refractivity contribution in [3.05, 3.63) is 41.5 Å². The zero-order valence-electron chi connectivity index (χ0n) is 14.3. The molecule has 7 nitrogen and oxygen atoms in total. The second-order valence-electron chi connectivity index (χ2n) is 6.20. The number of nitrogens with one attached hydrogen (secondary N) is 1. The maximum absolute atomic E-state index is 13.7. The molecule has 2 amide bonds. The molecule has 1 fully saturated rings. The Morgan fingerprint density at radius 2 is 2.04 bits per heavy atom. The Hall–Kier alpha value is -2.98. The first kappa shape index (κ1) is 18.8. The van der Waals surface area contributed by atoms with Crippen molar-refractivity contribution in [2.24, 2.45) is 5.92 Å². The van der Waals surface area contributed by atoms with Crippen LogP contribution in [0.15, 0.2) is 18.2 Å². The number of aromatic nitrogens is 3. The normalized spacial score (nSPS) is 19.8. The predicted molar refractivity (Wildman–Crippen MR) is 84.9 cm³/mol. The lowest BCUT2D eigenvalue weighted by Gasteiger charge is -2.15. The molecule has 1 N–H and O–H groups in total. The number of carbonyl (C=O) groups is 2. The maximum atomic E-state index is 13.7. The van der Waals surface area contributed by atoms with E-state index in [0.29, 0.717) is 4.68 Å². The Labute approximate surface area is 151 Å². The van der Waals surface area contributed by atoms with E-state index in [1.165, 1.54) is 24.9 Å². The van der Waals surface area contributed by atoms with Gasteiger partial charge in [-0.1, -0.05) is 0 Å². The molecule has 2 aromatic heterocycles. The van der Waals surface area contributed by atoms with Gasteiger partial charge in [0.1, 0.15) is 5.92 Å². The third-order valence-corrected chi connectivity index (χ3v) is 4.38. The summed E-state index contributed by atoms with van der Waals surface area (Å²) < 4.78 is 53.0. The van der Waals surface area contributed by atoms with E-state index >= 15 is 0 Å². The van der Waals surface area contributed by atoms with Crippen LogP contribution >= 0.6 is 0 Å².